The Hall–Kier alpha value is -2.10. The van der Waals surface area contributed by atoms with E-state index < -0.39 is 34.0 Å². The number of carboxylic acid groups (broad SMARTS) is 2. The molecule has 0 aliphatic heterocycles. The van der Waals surface area contributed by atoms with E-state index in [0.717, 1.165) is 0 Å². The fourth-order valence-corrected chi connectivity index (χ4v) is 2.49. The highest BCUT2D eigenvalue weighted by Gasteiger charge is 2.50. The van der Waals surface area contributed by atoms with Crippen molar-refractivity contribution in [2.75, 3.05) is 6.54 Å². The van der Waals surface area contributed by atoms with E-state index in [1.807, 2.05) is 13.8 Å². The Kier molecular flexibility index (Phi) is 11.1. The average molecular weight is 447 g/mol. The van der Waals surface area contributed by atoms with Gasteiger partial charge < -0.3 is 20.8 Å². The molecule has 0 aromatic heterocycles. The van der Waals surface area contributed by atoms with Crippen LogP contribution in [0.3, 0.4) is 0 Å². The Labute approximate surface area is 182 Å². The van der Waals surface area contributed by atoms with E-state index in [1.54, 1.807) is 0 Å². The molecule has 9 nitrogen and oxygen atoms in total. The number of Topliss-reactive ketones (excluding diaryl/α,β-unsaturated/α-hetero) is 1. The van der Waals surface area contributed by atoms with Gasteiger partial charge in [0.2, 0.25) is 11.8 Å². The van der Waals surface area contributed by atoms with Crippen molar-refractivity contribution >= 4 is 42.2 Å². The number of unbranched alkanes of at least 4 members (excludes halogenated alkanes) is 1. The van der Waals surface area contributed by atoms with Crippen molar-refractivity contribution in [3.8, 4) is 0 Å². The van der Waals surface area contributed by atoms with Gasteiger partial charge in [0.25, 0.3) is 0 Å². The summed E-state index contributed by atoms with van der Waals surface area (Å²) in [4.78, 5) is 58.8. The predicted octanol–water partition coefficient (Wildman–Crippen LogP) is 1.65. The summed E-state index contributed by atoms with van der Waals surface area (Å²) in [5, 5.41) is 23.6. The van der Waals surface area contributed by atoms with Crippen LogP contribution in [0.2, 0.25) is 0 Å². The van der Waals surface area contributed by atoms with Gasteiger partial charge >= 0.3 is 11.9 Å². The van der Waals surface area contributed by atoms with Gasteiger partial charge in [-0.3, -0.25) is 19.2 Å². The van der Waals surface area contributed by atoms with Gasteiger partial charge in [-0.2, -0.15) is 12.6 Å². The quantitative estimate of drug-likeness (QED) is 0.201. The molecule has 30 heavy (non-hydrogen) atoms. The first-order valence-corrected chi connectivity index (χ1v) is 10.4. The summed E-state index contributed by atoms with van der Waals surface area (Å²) in [6.07, 6.45) is 1.47. The second kappa shape index (κ2) is 11.9. The molecule has 2 unspecified atom stereocenters. The van der Waals surface area contributed by atoms with Gasteiger partial charge in [0, 0.05) is 25.3 Å². The number of carbonyl (C=O) groups is 5. The smallest absolute Gasteiger partial charge is 0.326 e. The van der Waals surface area contributed by atoms with Crippen LogP contribution in [-0.4, -0.2) is 57.1 Å². The van der Waals surface area contributed by atoms with Crippen molar-refractivity contribution in [2.24, 2.45) is 11.3 Å². The fourth-order valence-electron chi connectivity index (χ4n) is 2.39. The molecule has 0 spiro atoms. The van der Waals surface area contributed by atoms with Crippen LogP contribution in [0.4, 0.5) is 0 Å². The number of carboxylic acids is 2. The third kappa shape index (κ3) is 8.33. The van der Waals surface area contributed by atoms with E-state index >= 15 is 0 Å². The van der Waals surface area contributed by atoms with Crippen LogP contribution in [0.1, 0.15) is 66.7 Å². The van der Waals surface area contributed by atoms with Gasteiger partial charge in [0.1, 0.15) is 16.6 Å². The van der Waals surface area contributed by atoms with Crippen LogP contribution in [0, 0.1) is 11.3 Å². The average Bonchev–Trinajstić information content (AvgIpc) is 2.63. The number of rotatable bonds is 14. The summed E-state index contributed by atoms with van der Waals surface area (Å²) >= 11 is 4.05. The molecule has 0 saturated carbocycles. The second-order valence-electron chi connectivity index (χ2n) is 8.33. The third-order valence-electron chi connectivity index (χ3n) is 5.28. The summed E-state index contributed by atoms with van der Waals surface area (Å²) in [6.45, 7) is 8.02. The highest BCUT2D eigenvalue weighted by Crippen LogP contribution is 2.37. The lowest BCUT2D eigenvalue weighted by Gasteiger charge is -2.36. The number of hydrogen-bond donors (Lipinski definition) is 5. The minimum atomic E-state index is -1.73. The molecule has 0 saturated heterocycles. The maximum Gasteiger partial charge on any atom is 0.326 e. The minimum Gasteiger partial charge on any atom is -0.480 e. The van der Waals surface area contributed by atoms with Crippen LogP contribution in [0.15, 0.2) is 0 Å². The molecule has 0 fully saturated rings. The lowest BCUT2D eigenvalue weighted by atomic mass is 9.78. The van der Waals surface area contributed by atoms with Crippen LogP contribution in [-0.2, 0) is 24.0 Å². The van der Waals surface area contributed by atoms with Crippen molar-refractivity contribution in [3.05, 3.63) is 0 Å². The van der Waals surface area contributed by atoms with Crippen molar-refractivity contribution in [3.63, 3.8) is 0 Å². The van der Waals surface area contributed by atoms with Gasteiger partial charge in [-0.1, -0.05) is 13.8 Å². The second-order valence-corrected chi connectivity index (χ2v) is 9.23. The minimum absolute atomic E-state index is 0.0105. The number of hydrogen-bond acceptors (Lipinski definition) is 6. The molecule has 0 heterocycles. The van der Waals surface area contributed by atoms with Gasteiger partial charge in [0.05, 0.1) is 5.41 Å². The third-order valence-corrected chi connectivity index (χ3v) is 6.03. The maximum atomic E-state index is 12.5. The Morgan fingerprint density at radius 2 is 1.53 bits per heavy atom. The molecular formula is C20H34N2O7S. The van der Waals surface area contributed by atoms with Crippen LogP contribution >= 0.6 is 12.6 Å². The lowest BCUT2D eigenvalue weighted by molar-refractivity contribution is -0.149. The molecule has 10 heteroatoms. The summed E-state index contributed by atoms with van der Waals surface area (Å²) in [6, 6.07) is -1.34. The molecule has 172 valence electrons. The van der Waals surface area contributed by atoms with Gasteiger partial charge in [0.15, 0.2) is 0 Å². The Balaban J connectivity index is 4.59. The topological polar surface area (TPSA) is 150 Å². The zero-order valence-electron chi connectivity index (χ0n) is 18.3. The van der Waals surface area contributed by atoms with Crippen LogP contribution < -0.4 is 10.6 Å². The summed E-state index contributed by atoms with van der Waals surface area (Å²) in [7, 11) is 0. The molecule has 4 N–H and O–H groups in total. The molecule has 0 aromatic carbocycles. The molecule has 2 atom stereocenters. The van der Waals surface area contributed by atoms with E-state index in [4.69, 9.17) is 0 Å². The first kappa shape index (κ1) is 27.9. The number of thiol groups is 1. The first-order chi connectivity index (χ1) is 13.6. The maximum absolute atomic E-state index is 12.5. The van der Waals surface area contributed by atoms with Crippen LogP contribution in [0.25, 0.3) is 0 Å². The number of nitrogens with one attached hydrogen (secondary N) is 2. The summed E-state index contributed by atoms with van der Waals surface area (Å²) in [5.74, 6) is -3.63. The van der Waals surface area contributed by atoms with E-state index in [9.17, 15) is 34.2 Å². The normalized spacial score (nSPS) is 14.5. The largest absolute Gasteiger partial charge is 0.480 e. The molecule has 2 amide bonds. The Bertz CT molecular complexity index is 660. The first-order valence-electron chi connectivity index (χ1n) is 9.93. The summed E-state index contributed by atoms with van der Waals surface area (Å²) < 4.78 is -1.73. The zero-order chi connectivity index (χ0) is 23.7. The van der Waals surface area contributed by atoms with Crippen molar-refractivity contribution < 1.29 is 34.2 Å². The molecule has 0 rings (SSSR count). The van der Waals surface area contributed by atoms with Crippen LogP contribution in [0.5, 0.6) is 0 Å². The lowest BCUT2D eigenvalue weighted by Crippen LogP contribution is -2.56. The molecule has 0 aliphatic carbocycles. The SMILES string of the molecule is CC(C)C(=O)CCCCNC(=O)CCC(NC(=O)C(C)(C)C(C)(S)C(=O)O)C(=O)O. The van der Waals surface area contributed by atoms with E-state index in [-0.39, 0.29) is 30.4 Å². The molecule has 0 radical (unpaired) electrons. The molecule has 0 bridgehead atoms. The zero-order valence-corrected chi connectivity index (χ0v) is 19.2. The highest BCUT2D eigenvalue weighted by atomic mass is 32.1. The van der Waals surface area contributed by atoms with Gasteiger partial charge in [-0.25, -0.2) is 4.79 Å². The van der Waals surface area contributed by atoms with Gasteiger partial charge in [-0.05, 0) is 40.0 Å². The predicted molar refractivity (Wildman–Crippen MR) is 114 cm³/mol. The number of carbonyl (C=O) groups excluding carboxylic acids is 3. The number of aliphatic carboxylic acids is 2. The monoisotopic (exact) mass is 446 g/mol. The molecule has 0 aliphatic rings. The number of ketones is 1. The molecular weight excluding hydrogens is 412 g/mol. The van der Waals surface area contributed by atoms with E-state index in [2.05, 4.69) is 23.3 Å². The van der Waals surface area contributed by atoms with Crippen molar-refractivity contribution in [1.29, 1.82) is 0 Å². The summed E-state index contributed by atoms with van der Waals surface area (Å²) in [5.41, 5.74) is -1.51. The van der Waals surface area contributed by atoms with E-state index in [0.29, 0.717) is 25.8 Å². The number of amides is 2. The van der Waals surface area contributed by atoms with Crippen molar-refractivity contribution in [1.82, 2.24) is 10.6 Å². The van der Waals surface area contributed by atoms with E-state index in [1.165, 1.54) is 20.8 Å². The van der Waals surface area contributed by atoms with Crippen molar-refractivity contribution in [2.45, 2.75) is 77.5 Å². The fraction of sp³-hybridized carbons (Fsp3) is 0.750. The Morgan fingerprint density at radius 1 is 0.967 bits per heavy atom. The highest BCUT2D eigenvalue weighted by molar-refractivity contribution is 7.82. The Morgan fingerprint density at radius 3 is 2.00 bits per heavy atom. The van der Waals surface area contributed by atoms with Gasteiger partial charge in [-0.15, -0.1) is 0 Å². The molecule has 0 aromatic rings. The standard InChI is InChI=1S/C20H34N2O7S/c1-12(2)14(23)8-6-7-11-21-15(24)10-9-13(16(25)26)22-17(27)19(3,4)20(5,30)18(28)29/h12-13,30H,6-11H2,1-5H3,(H,21,24)(H,22,27)(H,25,26)(H,28,29).